The zero-order valence-electron chi connectivity index (χ0n) is 43.3. The van der Waals surface area contributed by atoms with E-state index in [2.05, 4.69) is 31.9 Å². The van der Waals surface area contributed by atoms with Gasteiger partial charge in [0.2, 0.25) is 17.7 Å². The Hall–Kier alpha value is -6.35. The summed E-state index contributed by atoms with van der Waals surface area (Å²) >= 11 is 12.7. The van der Waals surface area contributed by atoms with Crippen LogP contribution in [-0.2, 0) is 38.1 Å². The number of carbonyl (C=O) groups is 5. The first-order valence-electron chi connectivity index (χ1n) is 25.2. The average Bonchev–Trinajstić information content (AvgIpc) is 3.68. The molecule has 2 saturated heterocycles. The molecule has 0 saturated carbocycles. The molecule has 0 radical (unpaired) electrons. The molecule has 1 aromatic heterocycles. The van der Waals surface area contributed by atoms with Crippen LogP contribution in [0.1, 0.15) is 65.8 Å². The predicted molar refractivity (Wildman–Crippen MR) is 284 cm³/mol. The van der Waals surface area contributed by atoms with Crippen LogP contribution in [-0.4, -0.2) is 181 Å². The molecule has 23 heteroatoms. The van der Waals surface area contributed by atoms with Gasteiger partial charge in [-0.15, -0.1) is 0 Å². The summed E-state index contributed by atoms with van der Waals surface area (Å²) in [4.78, 5) is 71.5. The number of ether oxygens (including phenoxy) is 8. The Morgan fingerprint density at radius 3 is 2.14 bits per heavy atom. The molecular weight excluding hydrogens is 1030 g/mol. The zero-order chi connectivity index (χ0) is 54.4. The van der Waals surface area contributed by atoms with Crippen molar-refractivity contribution in [1.29, 1.82) is 5.26 Å². The van der Waals surface area contributed by atoms with Crippen LogP contribution in [0, 0.1) is 11.3 Å². The van der Waals surface area contributed by atoms with Crippen LogP contribution in [0.15, 0.2) is 48.7 Å². The van der Waals surface area contributed by atoms with Crippen molar-refractivity contribution < 1.29 is 61.9 Å². The molecule has 0 spiro atoms. The second-order valence-corrected chi connectivity index (χ2v) is 18.1. The highest BCUT2D eigenvalue weighted by molar-refractivity contribution is 6.37. The Morgan fingerprint density at radius 2 is 1.47 bits per heavy atom. The number of hydrogen-bond acceptors (Lipinski definition) is 18. The standard InChI is InChI=1S/C32H39Cl2N5O6.C21H27N3O7/c1-4-43-14-15-44-13-6-31(40)39-10-8-38(9-11-39)7-5-12-45-30-18-26-23(16-29(30)42-3)32(22(20-35)21-36-26)37-27-19-28(41-2)25(34)17-24(27)33;1-2-29-10-11-31-13-12-30-9-8-22-15-5-3-4-14-18(15)21(28)24(20(14)27)16-6-7-17(25)23-19(16)26/h16-19,21H,4-15H2,1-3H3,(H,36,37);3-5,16,22H,2,6-13H2,1H3,(H,23,25,26). The molecule has 1 atom stereocenters. The second kappa shape index (κ2) is 30.4. The summed E-state index contributed by atoms with van der Waals surface area (Å²) in [5, 5.41) is 19.8. The number of hydrogen-bond donors (Lipinski definition) is 3. The summed E-state index contributed by atoms with van der Waals surface area (Å²) in [5.41, 5.74) is 2.96. The summed E-state index contributed by atoms with van der Waals surface area (Å²) in [7, 11) is 3.08. The molecule has 3 aliphatic rings. The van der Waals surface area contributed by atoms with Gasteiger partial charge in [0.15, 0.2) is 11.5 Å². The van der Waals surface area contributed by atoms with E-state index in [0.717, 1.165) is 31.0 Å². The molecular formula is C53H66Cl2N8O13. The molecule has 0 bridgehead atoms. The Balaban J connectivity index is 0.000000264. The van der Waals surface area contributed by atoms with Gasteiger partial charge in [0, 0.05) is 88.3 Å². The molecule has 0 aliphatic carbocycles. The molecule has 3 N–H and O–H groups in total. The number of nitrogens with one attached hydrogen (secondary N) is 3. The summed E-state index contributed by atoms with van der Waals surface area (Å²) in [6.45, 7) is 13.8. The first-order valence-corrected chi connectivity index (χ1v) is 26.0. The van der Waals surface area contributed by atoms with Crippen molar-refractivity contribution in [2.24, 2.45) is 0 Å². The average molecular weight is 1090 g/mol. The van der Waals surface area contributed by atoms with Crippen molar-refractivity contribution in [2.75, 3.05) is 137 Å². The van der Waals surface area contributed by atoms with Crippen LogP contribution in [0.2, 0.25) is 10.0 Å². The lowest BCUT2D eigenvalue weighted by Crippen LogP contribution is -2.54. The monoisotopic (exact) mass is 1090 g/mol. The first kappa shape index (κ1) is 58.9. The fourth-order valence-corrected chi connectivity index (χ4v) is 8.99. The van der Waals surface area contributed by atoms with Gasteiger partial charge in [0.25, 0.3) is 11.8 Å². The van der Waals surface area contributed by atoms with Crippen LogP contribution >= 0.6 is 23.2 Å². The van der Waals surface area contributed by atoms with E-state index in [4.69, 9.17) is 61.1 Å². The number of piperidine rings is 1. The Morgan fingerprint density at radius 1 is 0.789 bits per heavy atom. The number of pyridine rings is 1. The van der Waals surface area contributed by atoms with Gasteiger partial charge in [-0.1, -0.05) is 29.3 Å². The summed E-state index contributed by atoms with van der Waals surface area (Å²) in [6, 6.07) is 13.0. The molecule has 76 heavy (non-hydrogen) atoms. The highest BCUT2D eigenvalue weighted by Gasteiger charge is 2.45. The van der Waals surface area contributed by atoms with Crippen molar-refractivity contribution in [1.82, 2.24) is 25.0 Å². The van der Waals surface area contributed by atoms with E-state index in [1.165, 1.54) is 13.3 Å². The molecule has 1 unspecified atom stereocenters. The number of carbonyl (C=O) groups excluding carboxylic acids is 5. The van der Waals surface area contributed by atoms with Crippen LogP contribution in [0.5, 0.6) is 17.2 Å². The van der Waals surface area contributed by atoms with Crippen LogP contribution in [0.4, 0.5) is 17.1 Å². The van der Waals surface area contributed by atoms with E-state index < -0.39 is 29.7 Å². The summed E-state index contributed by atoms with van der Waals surface area (Å²) in [6.07, 6.45) is 2.90. The maximum Gasteiger partial charge on any atom is 0.264 e. The topological polar surface area (TPSA) is 242 Å². The third-order valence-electron chi connectivity index (χ3n) is 12.4. The highest BCUT2D eigenvalue weighted by Crippen LogP contribution is 2.41. The van der Waals surface area contributed by atoms with Gasteiger partial charge in [-0.05, 0) is 51.0 Å². The van der Waals surface area contributed by atoms with Gasteiger partial charge in [0.1, 0.15) is 17.9 Å². The van der Waals surface area contributed by atoms with Gasteiger partial charge in [-0.2, -0.15) is 5.26 Å². The second-order valence-electron chi connectivity index (χ2n) is 17.3. The normalized spacial score (nSPS) is 15.5. The molecule has 4 aromatic rings. The lowest BCUT2D eigenvalue weighted by molar-refractivity contribution is -0.136. The number of nitriles is 1. The Bertz CT molecular complexity index is 2680. The van der Waals surface area contributed by atoms with Crippen molar-refractivity contribution in [3.63, 3.8) is 0 Å². The molecule has 4 heterocycles. The van der Waals surface area contributed by atoms with Crippen LogP contribution in [0.3, 0.4) is 0 Å². The largest absolute Gasteiger partial charge is 0.495 e. The van der Waals surface area contributed by atoms with Crippen LogP contribution < -0.4 is 30.2 Å². The third kappa shape index (κ3) is 16.1. The number of imide groups is 2. The quantitative estimate of drug-likeness (QED) is 0.0430. The smallest absolute Gasteiger partial charge is 0.264 e. The summed E-state index contributed by atoms with van der Waals surface area (Å²) in [5.74, 6) is -0.465. The number of rotatable bonds is 28. The molecule has 2 fully saturated rings. The number of piperazine rings is 1. The van der Waals surface area contributed by atoms with Crippen LogP contribution in [0.25, 0.3) is 10.9 Å². The van der Waals surface area contributed by atoms with Crippen molar-refractivity contribution in [2.45, 2.75) is 45.6 Å². The lowest BCUT2D eigenvalue weighted by atomic mass is 10.0. The van der Waals surface area contributed by atoms with Gasteiger partial charge in [-0.3, -0.25) is 44.1 Å². The van der Waals surface area contributed by atoms with E-state index in [-0.39, 0.29) is 29.9 Å². The number of methoxy groups -OCH3 is 2. The molecule has 5 amide bonds. The van der Waals surface area contributed by atoms with Gasteiger partial charge < -0.3 is 53.4 Å². The first-order chi connectivity index (χ1) is 36.9. The minimum absolute atomic E-state index is 0.0849. The fraction of sp³-hybridized carbons (Fsp3) is 0.491. The highest BCUT2D eigenvalue weighted by atomic mass is 35.5. The maximum absolute atomic E-state index is 13.0. The number of benzene rings is 3. The number of aromatic nitrogens is 1. The van der Waals surface area contributed by atoms with Crippen molar-refractivity contribution >= 4 is 80.7 Å². The van der Waals surface area contributed by atoms with E-state index in [1.807, 2.05) is 18.7 Å². The Kier molecular flexibility index (Phi) is 23.6. The Labute approximate surface area is 452 Å². The number of nitrogens with zero attached hydrogens (tertiary/aromatic N) is 5. The van der Waals surface area contributed by atoms with E-state index >= 15 is 0 Å². The third-order valence-corrected chi connectivity index (χ3v) is 13.0. The number of fused-ring (bicyclic) bond motifs is 2. The van der Waals surface area contributed by atoms with E-state index in [9.17, 15) is 29.2 Å². The van der Waals surface area contributed by atoms with E-state index in [0.29, 0.717) is 160 Å². The number of anilines is 3. The summed E-state index contributed by atoms with van der Waals surface area (Å²) < 4.78 is 43.8. The SMILES string of the molecule is CCOCCOCCC(=O)N1CCN(CCCOc2cc3ncc(C#N)c(Nc4cc(OC)c(Cl)cc4Cl)c3cc2OC)CC1.CCOCCOCCOCCNc1cccc2c1C(=O)N(C1CCC(=O)NC1=O)C2=O. The minimum Gasteiger partial charge on any atom is -0.495 e. The zero-order valence-corrected chi connectivity index (χ0v) is 44.9. The van der Waals surface area contributed by atoms with Gasteiger partial charge in [-0.25, -0.2) is 0 Å². The molecule has 3 aliphatic heterocycles. The van der Waals surface area contributed by atoms with Gasteiger partial charge in [0.05, 0.1) is 124 Å². The number of halogens is 2. The molecule has 3 aromatic carbocycles. The molecule has 7 rings (SSSR count). The van der Waals surface area contributed by atoms with Gasteiger partial charge >= 0.3 is 0 Å². The predicted octanol–water partition coefficient (Wildman–Crippen LogP) is 6.10. The van der Waals surface area contributed by atoms with E-state index in [1.54, 1.807) is 49.6 Å². The minimum atomic E-state index is -0.982. The van der Waals surface area contributed by atoms with Crippen molar-refractivity contribution in [3.8, 4) is 23.3 Å². The maximum atomic E-state index is 13.0. The molecule has 410 valence electrons. The lowest BCUT2D eigenvalue weighted by Gasteiger charge is -2.34. The van der Waals surface area contributed by atoms with Crippen molar-refractivity contribution in [3.05, 3.63) is 75.4 Å². The number of amides is 5. The molecule has 21 nitrogen and oxygen atoms in total. The fourth-order valence-electron chi connectivity index (χ4n) is 8.49.